The lowest BCUT2D eigenvalue weighted by Crippen LogP contribution is -2.40. The summed E-state index contributed by atoms with van der Waals surface area (Å²) < 4.78 is 35.3. The molecule has 1 atom stereocenters. The van der Waals surface area contributed by atoms with Gasteiger partial charge in [0.2, 0.25) is 15.9 Å². The first kappa shape index (κ1) is 30.3. The largest absolute Gasteiger partial charge is 0.379 e. The van der Waals surface area contributed by atoms with Crippen molar-refractivity contribution in [1.29, 1.82) is 0 Å². The first-order valence-electron chi connectivity index (χ1n) is 13.7. The fraction of sp³-hybridized carbons (Fsp3) is 0.300. The van der Waals surface area contributed by atoms with Crippen LogP contribution in [0.4, 0.5) is 5.69 Å². The molecule has 0 aliphatic carbocycles. The lowest BCUT2D eigenvalue weighted by molar-refractivity contribution is -0.113. The summed E-state index contributed by atoms with van der Waals surface area (Å²) in [6, 6.07) is 24.6. The van der Waals surface area contributed by atoms with Gasteiger partial charge in [0.15, 0.2) is 11.0 Å². The molecule has 0 bridgehead atoms. The summed E-state index contributed by atoms with van der Waals surface area (Å²) in [5.74, 6) is 0.556. The van der Waals surface area contributed by atoms with E-state index in [4.69, 9.17) is 4.74 Å². The van der Waals surface area contributed by atoms with Gasteiger partial charge in [-0.2, -0.15) is 4.31 Å². The average Bonchev–Trinajstić information content (AvgIpc) is 3.46. The van der Waals surface area contributed by atoms with Crippen molar-refractivity contribution in [3.8, 4) is 11.4 Å². The Morgan fingerprint density at radius 3 is 2.50 bits per heavy atom. The summed E-state index contributed by atoms with van der Waals surface area (Å²) in [5, 5.41) is 12.5. The fourth-order valence-electron chi connectivity index (χ4n) is 4.47. The first-order chi connectivity index (χ1) is 20.4. The van der Waals surface area contributed by atoms with Crippen LogP contribution in [0.2, 0.25) is 0 Å². The number of rotatable bonds is 11. The molecule has 0 saturated carbocycles. The molecule has 1 aliphatic rings. The van der Waals surface area contributed by atoms with Gasteiger partial charge in [-0.15, -0.1) is 10.2 Å². The number of hydrogen-bond acceptors (Lipinski definition) is 8. The minimum atomic E-state index is -3.66. The van der Waals surface area contributed by atoms with Gasteiger partial charge >= 0.3 is 0 Å². The predicted molar refractivity (Wildman–Crippen MR) is 166 cm³/mol. The van der Waals surface area contributed by atoms with E-state index in [1.54, 1.807) is 30.0 Å². The third-order valence-electron chi connectivity index (χ3n) is 6.86. The number of carbonyl (C=O) groups is 1. The Morgan fingerprint density at radius 1 is 1.00 bits per heavy atom. The van der Waals surface area contributed by atoms with Crippen molar-refractivity contribution in [2.75, 3.05) is 37.4 Å². The highest BCUT2D eigenvalue weighted by molar-refractivity contribution is 8.00. The Labute approximate surface area is 255 Å². The van der Waals surface area contributed by atoms with Gasteiger partial charge in [0.05, 0.1) is 29.5 Å². The molecule has 42 heavy (non-hydrogen) atoms. The molecule has 1 saturated heterocycles. The zero-order valence-corrected chi connectivity index (χ0v) is 25.9. The summed E-state index contributed by atoms with van der Waals surface area (Å²) >= 11 is 2.90. The SMILES string of the molecule is CC[C@H](C)n1c(SCC(=O)Nc2ccccc2Sc2ccccc2)nnc1-c1cccc(S(=O)(=O)N2CCOCC2)c1. The molecule has 0 radical (unpaired) electrons. The number of aromatic nitrogens is 3. The second-order valence-electron chi connectivity index (χ2n) is 9.73. The molecular formula is C30H33N5O4S3. The van der Waals surface area contributed by atoms with E-state index in [1.165, 1.54) is 16.1 Å². The number of amides is 1. The average molecular weight is 624 g/mol. The van der Waals surface area contributed by atoms with E-state index >= 15 is 0 Å². The van der Waals surface area contributed by atoms with Gasteiger partial charge in [-0.05, 0) is 49.7 Å². The van der Waals surface area contributed by atoms with E-state index in [0.29, 0.717) is 42.8 Å². The number of morpholine rings is 1. The molecular weight excluding hydrogens is 591 g/mol. The summed E-state index contributed by atoms with van der Waals surface area (Å²) in [7, 11) is -3.66. The normalized spacial score (nSPS) is 14.9. The summed E-state index contributed by atoms with van der Waals surface area (Å²) in [6.45, 7) is 5.54. The van der Waals surface area contributed by atoms with Crippen LogP contribution in [0.1, 0.15) is 26.3 Å². The van der Waals surface area contributed by atoms with E-state index in [0.717, 1.165) is 21.9 Å². The topological polar surface area (TPSA) is 106 Å². The molecule has 1 fully saturated rings. The zero-order valence-electron chi connectivity index (χ0n) is 23.5. The van der Waals surface area contributed by atoms with Gasteiger partial charge in [0.25, 0.3) is 0 Å². The van der Waals surface area contributed by atoms with E-state index in [2.05, 4.69) is 29.4 Å². The molecule has 0 unspecified atom stereocenters. The number of nitrogens with zero attached hydrogens (tertiary/aromatic N) is 4. The maximum atomic E-state index is 13.3. The van der Waals surface area contributed by atoms with Gasteiger partial charge in [-0.25, -0.2) is 8.42 Å². The van der Waals surface area contributed by atoms with E-state index in [9.17, 15) is 13.2 Å². The Bertz CT molecular complexity index is 1620. The van der Waals surface area contributed by atoms with Gasteiger partial charge < -0.3 is 10.1 Å². The van der Waals surface area contributed by atoms with Crippen molar-refractivity contribution >= 4 is 45.1 Å². The number of nitrogens with one attached hydrogen (secondary N) is 1. The van der Waals surface area contributed by atoms with Crippen LogP contribution in [0.5, 0.6) is 0 Å². The minimum Gasteiger partial charge on any atom is -0.379 e. The molecule has 9 nitrogen and oxygen atoms in total. The third-order valence-corrected chi connectivity index (χ3v) is 10.8. The monoisotopic (exact) mass is 623 g/mol. The van der Waals surface area contributed by atoms with Crippen molar-refractivity contribution in [2.45, 2.75) is 46.2 Å². The van der Waals surface area contributed by atoms with Crippen LogP contribution < -0.4 is 5.32 Å². The Morgan fingerprint density at radius 2 is 1.74 bits per heavy atom. The standard InChI is InChI=1S/C30H33N5O4S3/c1-3-22(2)35-29(23-10-9-13-25(20-23)42(37,38)34-16-18-39-19-17-34)32-33-30(35)40-21-28(36)31-26-14-7-8-15-27(26)41-24-11-5-4-6-12-24/h4-15,20,22H,3,16-19,21H2,1-2H3,(H,31,36)/t22-/m0/s1. The van der Waals surface area contributed by atoms with E-state index in [-0.39, 0.29) is 22.6 Å². The smallest absolute Gasteiger partial charge is 0.243 e. The molecule has 1 aromatic heterocycles. The summed E-state index contributed by atoms with van der Waals surface area (Å²) in [6.07, 6.45) is 0.806. The highest BCUT2D eigenvalue weighted by atomic mass is 32.2. The Balaban J connectivity index is 1.33. The molecule has 3 aromatic carbocycles. The molecule has 1 N–H and O–H groups in total. The minimum absolute atomic E-state index is 0.0306. The quantitative estimate of drug-likeness (QED) is 0.209. The molecule has 1 aliphatic heterocycles. The molecule has 0 spiro atoms. The fourth-order valence-corrected chi connectivity index (χ4v) is 7.69. The highest BCUT2D eigenvalue weighted by Crippen LogP contribution is 2.34. The Hall–Kier alpha value is -3.16. The van der Waals surface area contributed by atoms with E-state index in [1.807, 2.05) is 65.2 Å². The van der Waals surface area contributed by atoms with Crippen LogP contribution in [-0.4, -0.2) is 65.5 Å². The molecule has 220 valence electrons. The predicted octanol–water partition coefficient (Wildman–Crippen LogP) is 5.82. The molecule has 12 heteroatoms. The van der Waals surface area contributed by atoms with Crippen molar-refractivity contribution in [2.24, 2.45) is 0 Å². The van der Waals surface area contributed by atoms with E-state index < -0.39 is 10.0 Å². The number of thioether (sulfide) groups is 1. The maximum absolute atomic E-state index is 13.3. The van der Waals surface area contributed by atoms with Crippen LogP contribution in [0.25, 0.3) is 11.4 Å². The van der Waals surface area contributed by atoms with Crippen molar-refractivity contribution in [3.63, 3.8) is 0 Å². The van der Waals surface area contributed by atoms with Crippen molar-refractivity contribution in [3.05, 3.63) is 78.9 Å². The van der Waals surface area contributed by atoms with Crippen molar-refractivity contribution in [1.82, 2.24) is 19.1 Å². The lowest BCUT2D eigenvalue weighted by atomic mass is 10.2. The molecule has 5 rings (SSSR count). The van der Waals surface area contributed by atoms with Crippen LogP contribution in [0, 0.1) is 0 Å². The molecule has 1 amide bonds. The number of ether oxygens (including phenoxy) is 1. The van der Waals surface area contributed by atoms with Crippen LogP contribution in [-0.2, 0) is 19.6 Å². The van der Waals surface area contributed by atoms with Crippen LogP contribution >= 0.6 is 23.5 Å². The first-order valence-corrected chi connectivity index (χ1v) is 17.0. The molecule has 4 aromatic rings. The number of carbonyl (C=O) groups excluding carboxylic acids is 1. The van der Waals surface area contributed by atoms with Crippen LogP contribution in [0.3, 0.4) is 0 Å². The summed E-state index contributed by atoms with van der Waals surface area (Å²) in [5.41, 5.74) is 1.40. The second-order valence-corrected chi connectivity index (χ2v) is 13.7. The number of benzene rings is 3. The maximum Gasteiger partial charge on any atom is 0.243 e. The number of hydrogen-bond donors (Lipinski definition) is 1. The van der Waals surface area contributed by atoms with Crippen molar-refractivity contribution < 1.29 is 17.9 Å². The van der Waals surface area contributed by atoms with Crippen LogP contribution in [0.15, 0.2) is 98.7 Å². The zero-order chi connectivity index (χ0) is 29.5. The van der Waals surface area contributed by atoms with Gasteiger partial charge in [0.1, 0.15) is 0 Å². The second kappa shape index (κ2) is 13.9. The molecule has 2 heterocycles. The summed E-state index contributed by atoms with van der Waals surface area (Å²) in [4.78, 5) is 15.3. The van der Waals surface area contributed by atoms with Gasteiger partial charge in [-0.3, -0.25) is 9.36 Å². The highest BCUT2D eigenvalue weighted by Gasteiger charge is 2.27. The number of anilines is 1. The third kappa shape index (κ3) is 7.07. The van der Waals surface area contributed by atoms with Gasteiger partial charge in [-0.1, -0.05) is 72.9 Å². The number of para-hydroxylation sites is 1. The number of sulfonamides is 1. The van der Waals surface area contributed by atoms with Gasteiger partial charge in [0, 0.05) is 34.5 Å². The lowest BCUT2D eigenvalue weighted by Gasteiger charge is -2.26. The Kier molecular flexibility index (Phi) is 10.0.